The van der Waals surface area contributed by atoms with Crippen molar-refractivity contribution in [3.05, 3.63) is 59.4 Å². The van der Waals surface area contributed by atoms with Gasteiger partial charge in [0.25, 0.3) is 0 Å². The van der Waals surface area contributed by atoms with E-state index in [1.54, 1.807) is 30.0 Å². The Balaban J connectivity index is 1.59. The second kappa shape index (κ2) is 8.46. The molecule has 2 heterocycles. The zero-order chi connectivity index (χ0) is 21.3. The van der Waals surface area contributed by atoms with Crippen molar-refractivity contribution in [3.63, 3.8) is 0 Å². The van der Waals surface area contributed by atoms with Crippen molar-refractivity contribution < 1.29 is 12.8 Å². The topological polar surface area (TPSA) is 90.9 Å². The number of nitrogens with zero attached hydrogens (tertiary/aromatic N) is 3. The fourth-order valence-corrected chi connectivity index (χ4v) is 5.45. The lowest BCUT2D eigenvalue weighted by Crippen LogP contribution is -2.11. The first-order chi connectivity index (χ1) is 14.3. The molecule has 0 unspecified atom stereocenters. The molecule has 0 saturated heterocycles. The molecule has 4 aromatic rings. The lowest BCUT2D eigenvalue weighted by molar-refractivity contribution is 0.598. The van der Waals surface area contributed by atoms with Gasteiger partial charge in [-0.25, -0.2) is 27.9 Å². The molecule has 0 radical (unpaired) electrons. The summed E-state index contributed by atoms with van der Waals surface area (Å²) in [7, 11) is -3.78. The number of aromatic nitrogens is 3. The largest absolute Gasteiger partial charge is 0.319 e. The number of benzene rings is 2. The van der Waals surface area contributed by atoms with Gasteiger partial charge < -0.3 is 4.57 Å². The van der Waals surface area contributed by atoms with E-state index in [1.165, 1.54) is 35.6 Å². The summed E-state index contributed by atoms with van der Waals surface area (Å²) in [6.45, 7) is 2.85. The zero-order valence-electron chi connectivity index (χ0n) is 16.1. The summed E-state index contributed by atoms with van der Waals surface area (Å²) in [5, 5.41) is 8.87. The number of aryl methyl sites for hydroxylation is 1. The lowest BCUT2D eigenvalue weighted by atomic mass is 10.2. The lowest BCUT2D eigenvalue weighted by Gasteiger charge is -2.06. The van der Waals surface area contributed by atoms with Crippen LogP contribution in [-0.2, 0) is 22.3 Å². The molecule has 0 aliphatic carbocycles. The summed E-state index contributed by atoms with van der Waals surface area (Å²) in [4.78, 5) is 9.33. The Morgan fingerprint density at radius 3 is 2.63 bits per heavy atom. The third kappa shape index (κ3) is 4.41. The number of primary sulfonamides is 1. The van der Waals surface area contributed by atoms with Crippen LogP contribution in [0.4, 0.5) is 4.39 Å². The number of rotatable bonds is 7. The monoisotopic (exact) mass is 462 g/mol. The van der Waals surface area contributed by atoms with Gasteiger partial charge in [0.15, 0.2) is 5.16 Å². The van der Waals surface area contributed by atoms with Crippen LogP contribution in [0.15, 0.2) is 57.9 Å². The number of hydrogen-bond donors (Lipinski definition) is 1. The van der Waals surface area contributed by atoms with Crippen LogP contribution in [0, 0.1) is 5.82 Å². The van der Waals surface area contributed by atoms with E-state index in [1.807, 2.05) is 5.38 Å². The maximum Gasteiger partial charge on any atom is 0.238 e. The molecule has 2 N–H and O–H groups in total. The second-order valence-electron chi connectivity index (χ2n) is 6.68. The van der Waals surface area contributed by atoms with Gasteiger partial charge in [-0.05, 0) is 48.9 Å². The van der Waals surface area contributed by atoms with E-state index < -0.39 is 10.0 Å². The highest BCUT2D eigenvalue weighted by atomic mass is 32.2. The molecule has 0 aliphatic rings. The minimum absolute atomic E-state index is 0.0520. The van der Waals surface area contributed by atoms with E-state index in [0.29, 0.717) is 11.3 Å². The van der Waals surface area contributed by atoms with Crippen molar-refractivity contribution in [2.75, 3.05) is 0 Å². The molecule has 2 aromatic heterocycles. The van der Waals surface area contributed by atoms with Gasteiger partial charge in [0.2, 0.25) is 10.0 Å². The molecule has 0 spiro atoms. The van der Waals surface area contributed by atoms with E-state index >= 15 is 0 Å². The van der Waals surface area contributed by atoms with Crippen LogP contribution in [0.2, 0.25) is 0 Å². The van der Waals surface area contributed by atoms with E-state index in [4.69, 9.17) is 5.14 Å². The van der Waals surface area contributed by atoms with E-state index in [9.17, 15) is 12.8 Å². The number of imidazole rings is 1. The number of sulfonamides is 1. The highest BCUT2D eigenvalue weighted by Crippen LogP contribution is 2.30. The fraction of sp³-hybridized carbons (Fsp3) is 0.200. The summed E-state index contributed by atoms with van der Waals surface area (Å²) in [6, 6.07) is 11.1. The average Bonchev–Trinajstić information content (AvgIpc) is 3.31. The first-order valence-electron chi connectivity index (χ1n) is 9.21. The minimum atomic E-state index is -3.78. The van der Waals surface area contributed by atoms with Crippen LogP contribution in [0.3, 0.4) is 0 Å². The fourth-order valence-electron chi connectivity index (χ4n) is 3.05. The van der Waals surface area contributed by atoms with Gasteiger partial charge in [0.05, 0.1) is 21.6 Å². The standard InChI is InChI=1S/C20H19FN4O2S3/c1-2-9-25-18-8-7-16(30(22,26)27)10-17(18)24-20(25)29-12-15-11-28-19(23-15)13-3-5-14(21)6-4-13/h3-8,10-11H,2,9,12H2,1H3,(H2,22,26,27). The van der Waals surface area contributed by atoms with Gasteiger partial charge in [0, 0.05) is 23.2 Å². The van der Waals surface area contributed by atoms with Crippen LogP contribution in [0.5, 0.6) is 0 Å². The minimum Gasteiger partial charge on any atom is -0.319 e. The highest BCUT2D eigenvalue weighted by molar-refractivity contribution is 7.98. The van der Waals surface area contributed by atoms with Gasteiger partial charge in [-0.2, -0.15) is 0 Å². The van der Waals surface area contributed by atoms with Crippen LogP contribution in [0.1, 0.15) is 19.0 Å². The van der Waals surface area contributed by atoms with Crippen LogP contribution in [0.25, 0.3) is 21.6 Å². The molecule has 30 heavy (non-hydrogen) atoms. The molecular weight excluding hydrogens is 443 g/mol. The van der Waals surface area contributed by atoms with Crippen LogP contribution < -0.4 is 5.14 Å². The predicted molar refractivity (Wildman–Crippen MR) is 118 cm³/mol. The van der Waals surface area contributed by atoms with E-state index in [2.05, 4.69) is 21.5 Å². The Hall–Kier alpha value is -2.27. The smallest absolute Gasteiger partial charge is 0.238 e. The third-order valence-corrected chi connectivity index (χ3v) is 7.31. The van der Waals surface area contributed by atoms with Gasteiger partial charge >= 0.3 is 0 Å². The van der Waals surface area contributed by atoms with Gasteiger partial charge in [-0.3, -0.25) is 0 Å². The normalized spacial score (nSPS) is 12.0. The molecule has 2 aromatic carbocycles. The molecule has 4 rings (SSSR count). The van der Waals surface area contributed by atoms with Crippen molar-refractivity contribution in [1.29, 1.82) is 0 Å². The van der Waals surface area contributed by atoms with Crippen LogP contribution >= 0.6 is 23.1 Å². The maximum absolute atomic E-state index is 13.1. The van der Waals surface area contributed by atoms with Crippen molar-refractivity contribution >= 4 is 44.2 Å². The Labute approximate surface area is 182 Å². The first-order valence-corrected chi connectivity index (χ1v) is 12.6. The molecule has 0 aliphatic heterocycles. The Morgan fingerprint density at radius 1 is 1.17 bits per heavy atom. The Kier molecular flexibility index (Phi) is 5.92. The number of thiazole rings is 1. The van der Waals surface area contributed by atoms with Gasteiger partial charge in [-0.15, -0.1) is 11.3 Å². The number of halogens is 1. The third-order valence-electron chi connectivity index (χ3n) is 4.45. The molecule has 0 amide bonds. The number of fused-ring (bicyclic) bond motifs is 1. The number of thioether (sulfide) groups is 1. The summed E-state index contributed by atoms with van der Waals surface area (Å²) in [6.07, 6.45) is 0.918. The summed E-state index contributed by atoms with van der Waals surface area (Å²) in [5.74, 6) is 0.346. The van der Waals surface area contributed by atoms with Gasteiger partial charge in [-0.1, -0.05) is 18.7 Å². The maximum atomic E-state index is 13.1. The molecule has 0 atom stereocenters. The van der Waals surface area contributed by atoms with Crippen molar-refractivity contribution in [2.24, 2.45) is 5.14 Å². The molecule has 6 nitrogen and oxygen atoms in total. The van der Waals surface area contributed by atoms with Crippen molar-refractivity contribution in [1.82, 2.24) is 14.5 Å². The summed E-state index contributed by atoms with van der Waals surface area (Å²) in [5.41, 5.74) is 3.26. The molecule has 0 fully saturated rings. The number of hydrogen-bond acceptors (Lipinski definition) is 6. The Bertz CT molecular complexity index is 1300. The first kappa shape index (κ1) is 21.0. The predicted octanol–water partition coefficient (Wildman–Crippen LogP) is 4.65. The highest BCUT2D eigenvalue weighted by Gasteiger charge is 2.15. The molecular formula is C20H19FN4O2S3. The van der Waals surface area contributed by atoms with Crippen molar-refractivity contribution in [2.45, 2.75) is 35.7 Å². The molecule has 10 heteroatoms. The Morgan fingerprint density at radius 2 is 1.93 bits per heavy atom. The molecule has 0 bridgehead atoms. The zero-order valence-corrected chi connectivity index (χ0v) is 18.5. The van der Waals surface area contributed by atoms with Crippen LogP contribution in [-0.4, -0.2) is 23.0 Å². The summed E-state index contributed by atoms with van der Waals surface area (Å²) >= 11 is 3.06. The SMILES string of the molecule is CCCn1c(SCc2csc(-c3ccc(F)cc3)n2)nc2cc(S(N)(=O)=O)ccc21. The van der Waals surface area contributed by atoms with Gasteiger partial charge in [0.1, 0.15) is 10.8 Å². The average molecular weight is 463 g/mol. The second-order valence-corrected chi connectivity index (χ2v) is 10.0. The van der Waals surface area contributed by atoms with E-state index in [0.717, 1.165) is 39.9 Å². The van der Waals surface area contributed by atoms with Crippen molar-refractivity contribution in [3.8, 4) is 10.6 Å². The molecule has 0 saturated carbocycles. The molecule has 156 valence electrons. The summed E-state index contributed by atoms with van der Waals surface area (Å²) < 4.78 is 38.5. The van der Waals surface area contributed by atoms with E-state index in [-0.39, 0.29) is 10.7 Å². The number of nitrogens with two attached hydrogens (primary N) is 1. The quantitative estimate of drug-likeness (QED) is 0.404.